The SMILES string of the molecule is CC[C@@H](C(=O)NC)N(CCc1ccccc1)C(=O)CSc1ccccc1. The summed E-state index contributed by atoms with van der Waals surface area (Å²) in [6.45, 7) is 2.47. The average Bonchev–Trinajstić information content (AvgIpc) is 2.70. The van der Waals surface area contributed by atoms with E-state index < -0.39 is 6.04 Å². The van der Waals surface area contributed by atoms with Gasteiger partial charge in [0.2, 0.25) is 11.8 Å². The van der Waals surface area contributed by atoms with Crippen molar-refractivity contribution < 1.29 is 9.59 Å². The Bertz CT molecular complexity index is 692. The van der Waals surface area contributed by atoms with E-state index >= 15 is 0 Å². The largest absolute Gasteiger partial charge is 0.357 e. The molecule has 2 aromatic carbocycles. The minimum Gasteiger partial charge on any atom is -0.357 e. The Labute approximate surface area is 160 Å². The van der Waals surface area contributed by atoms with Crippen molar-refractivity contribution in [1.82, 2.24) is 10.2 Å². The van der Waals surface area contributed by atoms with Crippen LogP contribution in [0.3, 0.4) is 0 Å². The van der Waals surface area contributed by atoms with Crippen LogP contribution in [-0.2, 0) is 16.0 Å². The fourth-order valence-corrected chi connectivity index (χ4v) is 3.61. The fourth-order valence-electron chi connectivity index (χ4n) is 2.81. The number of rotatable bonds is 9. The first-order valence-electron chi connectivity index (χ1n) is 8.88. The second kappa shape index (κ2) is 10.7. The van der Waals surface area contributed by atoms with Crippen LogP contribution in [-0.4, -0.2) is 42.1 Å². The number of hydrogen-bond acceptors (Lipinski definition) is 3. The predicted octanol–water partition coefficient (Wildman–Crippen LogP) is 3.37. The van der Waals surface area contributed by atoms with E-state index in [-0.39, 0.29) is 11.8 Å². The maximum Gasteiger partial charge on any atom is 0.242 e. The molecule has 0 saturated carbocycles. The molecule has 26 heavy (non-hydrogen) atoms. The second-order valence-corrected chi connectivity index (χ2v) is 7.01. The number of amides is 2. The lowest BCUT2D eigenvalue weighted by Crippen LogP contribution is -2.50. The van der Waals surface area contributed by atoms with Crippen LogP contribution in [0.25, 0.3) is 0 Å². The molecule has 2 aromatic rings. The first kappa shape index (κ1) is 20.0. The molecule has 1 N–H and O–H groups in total. The first-order chi connectivity index (χ1) is 12.7. The second-order valence-electron chi connectivity index (χ2n) is 5.96. The Hall–Kier alpha value is -2.27. The molecule has 5 heteroatoms. The molecule has 0 unspecified atom stereocenters. The summed E-state index contributed by atoms with van der Waals surface area (Å²) >= 11 is 1.50. The van der Waals surface area contributed by atoms with Crippen LogP contribution in [0.4, 0.5) is 0 Å². The van der Waals surface area contributed by atoms with E-state index in [4.69, 9.17) is 0 Å². The lowest BCUT2D eigenvalue weighted by molar-refractivity contribution is -0.138. The predicted molar refractivity (Wildman–Crippen MR) is 107 cm³/mol. The summed E-state index contributed by atoms with van der Waals surface area (Å²) in [6, 6.07) is 19.4. The minimum atomic E-state index is -0.437. The Morgan fingerprint density at radius 3 is 2.23 bits per heavy atom. The van der Waals surface area contributed by atoms with Gasteiger partial charge in [-0.15, -0.1) is 11.8 Å². The highest BCUT2D eigenvalue weighted by atomic mass is 32.2. The quantitative estimate of drug-likeness (QED) is 0.689. The van der Waals surface area contributed by atoms with Gasteiger partial charge in [0.15, 0.2) is 0 Å². The number of nitrogens with one attached hydrogen (secondary N) is 1. The monoisotopic (exact) mass is 370 g/mol. The minimum absolute atomic E-state index is 0.00904. The van der Waals surface area contributed by atoms with Gasteiger partial charge in [-0.05, 0) is 30.5 Å². The zero-order valence-corrected chi connectivity index (χ0v) is 16.2. The molecular formula is C21H26N2O2S. The molecule has 2 rings (SSSR count). The standard InChI is InChI=1S/C21H26N2O2S/c1-3-19(21(25)22-2)23(15-14-17-10-6-4-7-11-17)20(24)16-26-18-12-8-5-9-13-18/h4-13,19H,3,14-16H2,1-2H3,(H,22,25)/t19-/m0/s1. The Balaban J connectivity index is 2.07. The molecular weight excluding hydrogens is 344 g/mol. The third kappa shape index (κ3) is 5.92. The zero-order chi connectivity index (χ0) is 18.8. The van der Waals surface area contributed by atoms with Gasteiger partial charge in [-0.3, -0.25) is 9.59 Å². The summed E-state index contributed by atoms with van der Waals surface area (Å²) in [5.41, 5.74) is 1.16. The van der Waals surface area contributed by atoms with Gasteiger partial charge in [-0.2, -0.15) is 0 Å². The van der Waals surface area contributed by atoms with Crippen LogP contribution in [0.15, 0.2) is 65.6 Å². The van der Waals surface area contributed by atoms with Crippen molar-refractivity contribution in [3.05, 3.63) is 66.2 Å². The van der Waals surface area contributed by atoms with E-state index in [1.165, 1.54) is 11.8 Å². The molecule has 0 heterocycles. The molecule has 138 valence electrons. The van der Waals surface area contributed by atoms with Crippen molar-refractivity contribution in [2.75, 3.05) is 19.3 Å². The molecule has 0 spiro atoms. The molecule has 0 aliphatic rings. The fraction of sp³-hybridized carbons (Fsp3) is 0.333. The number of likely N-dealkylation sites (N-methyl/N-ethyl adjacent to an activating group) is 1. The highest BCUT2D eigenvalue weighted by Gasteiger charge is 2.27. The summed E-state index contributed by atoms with van der Waals surface area (Å²) < 4.78 is 0. The number of carbonyl (C=O) groups is 2. The summed E-state index contributed by atoms with van der Waals surface area (Å²) in [4.78, 5) is 27.9. The van der Waals surface area contributed by atoms with Gasteiger partial charge >= 0.3 is 0 Å². The number of thioether (sulfide) groups is 1. The van der Waals surface area contributed by atoms with Crippen molar-refractivity contribution in [2.45, 2.75) is 30.7 Å². The maximum absolute atomic E-state index is 12.9. The number of nitrogens with zero attached hydrogens (tertiary/aromatic N) is 1. The van der Waals surface area contributed by atoms with Crippen LogP contribution in [0.5, 0.6) is 0 Å². The van der Waals surface area contributed by atoms with Crippen LogP contribution < -0.4 is 5.32 Å². The van der Waals surface area contributed by atoms with E-state index in [0.717, 1.165) is 16.9 Å². The van der Waals surface area contributed by atoms with Crippen molar-refractivity contribution in [3.63, 3.8) is 0 Å². The Morgan fingerprint density at radius 1 is 1.04 bits per heavy atom. The van der Waals surface area contributed by atoms with Gasteiger partial charge in [0.25, 0.3) is 0 Å². The summed E-state index contributed by atoms with van der Waals surface area (Å²) in [5.74, 6) is 0.204. The molecule has 0 bridgehead atoms. The van der Waals surface area contributed by atoms with Crippen molar-refractivity contribution in [1.29, 1.82) is 0 Å². The lowest BCUT2D eigenvalue weighted by atomic mass is 10.1. The Kier molecular flexibility index (Phi) is 8.22. The van der Waals surface area contributed by atoms with E-state index in [1.54, 1.807) is 11.9 Å². The summed E-state index contributed by atoms with van der Waals surface area (Å²) in [7, 11) is 1.61. The third-order valence-corrected chi connectivity index (χ3v) is 5.22. The van der Waals surface area contributed by atoms with Gasteiger partial charge in [0.1, 0.15) is 6.04 Å². The van der Waals surface area contributed by atoms with Crippen LogP contribution in [0, 0.1) is 0 Å². The Morgan fingerprint density at radius 2 is 1.65 bits per heavy atom. The van der Waals surface area contributed by atoms with E-state index in [9.17, 15) is 9.59 Å². The van der Waals surface area contributed by atoms with Crippen molar-refractivity contribution in [2.24, 2.45) is 0 Å². The summed E-state index contributed by atoms with van der Waals surface area (Å²) in [6.07, 6.45) is 1.33. The van der Waals surface area contributed by atoms with Crippen LogP contribution in [0.1, 0.15) is 18.9 Å². The van der Waals surface area contributed by atoms with Crippen molar-refractivity contribution >= 4 is 23.6 Å². The maximum atomic E-state index is 12.9. The first-order valence-corrected chi connectivity index (χ1v) is 9.87. The lowest BCUT2D eigenvalue weighted by Gasteiger charge is -2.30. The highest BCUT2D eigenvalue weighted by molar-refractivity contribution is 8.00. The van der Waals surface area contributed by atoms with Gasteiger partial charge in [0, 0.05) is 18.5 Å². The van der Waals surface area contributed by atoms with E-state index in [1.807, 2.05) is 67.6 Å². The molecule has 0 aliphatic carbocycles. The smallest absolute Gasteiger partial charge is 0.242 e. The number of benzene rings is 2. The molecule has 0 fully saturated rings. The molecule has 0 aromatic heterocycles. The molecule has 4 nitrogen and oxygen atoms in total. The number of carbonyl (C=O) groups excluding carboxylic acids is 2. The molecule has 0 aliphatic heterocycles. The highest BCUT2D eigenvalue weighted by Crippen LogP contribution is 2.19. The molecule has 0 radical (unpaired) electrons. The molecule has 1 atom stereocenters. The summed E-state index contributed by atoms with van der Waals surface area (Å²) in [5, 5.41) is 2.68. The van der Waals surface area contributed by atoms with Gasteiger partial charge < -0.3 is 10.2 Å². The van der Waals surface area contributed by atoms with Gasteiger partial charge in [-0.1, -0.05) is 55.5 Å². The zero-order valence-electron chi connectivity index (χ0n) is 15.4. The molecule has 2 amide bonds. The molecule has 0 saturated heterocycles. The average molecular weight is 371 g/mol. The van der Waals surface area contributed by atoms with E-state index in [2.05, 4.69) is 5.32 Å². The van der Waals surface area contributed by atoms with Gasteiger partial charge in [-0.25, -0.2) is 0 Å². The van der Waals surface area contributed by atoms with E-state index in [0.29, 0.717) is 18.7 Å². The number of hydrogen-bond donors (Lipinski definition) is 1. The topological polar surface area (TPSA) is 49.4 Å². The normalized spacial score (nSPS) is 11.6. The van der Waals surface area contributed by atoms with Crippen LogP contribution in [0.2, 0.25) is 0 Å². The van der Waals surface area contributed by atoms with Gasteiger partial charge in [0.05, 0.1) is 5.75 Å². The van der Waals surface area contributed by atoms with Crippen molar-refractivity contribution in [3.8, 4) is 0 Å². The van der Waals surface area contributed by atoms with Crippen LogP contribution >= 0.6 is 11.8 Å². The third-order valence-electron chi connectivity index (χ3n) is 4.22.